The average molecular weight is 1040 g/mol. The molecule has 1 saturated heterocycles. The van der Waals surface area contributed by atoms with E-state index in [-0.39, 0.29) is 47.1 Å². The smallest absolute Gasteiger partial charge is 0.343 e. The Labute approximate surface area is 441 Å². The molecule has 3 saturated carbocycles. The summed E-state index contributed by atoms with van der Waals surface area (Å²) in [6.07, 6.45) is 3.75. The number of ketones is 1. The van der Waals surface area contributed by atoms with E-state index in [4.69, 9.17) is 33.4 Å². The molecule has 402 valence electrons. The van der Waals surface area contributed by atoms with Crippen LogP contribution >= 0.6 is 0 Å². The summed E-state index contributed by atoms with van der Waals surface area (Å²) in [4.78, 5) is 48.6. The third kappa shape index (κ3) is 8.46. The molecule has 76 heavy (non-hydrogen) atoms. The van der Waals surface area contributed by atoms with Gasteiger partial charge in [0.25, 0.3) is 0 Å². The highest BCUT2D eigenvalue weighted by Crippen LogP contribution is 2.70. The van der Waals surface area contributed by atoms with E-state index in [0.717, 1.165) is 16.7 Å². The molecular formula is C59H67N3O14. The number of benzene rings is 3. The number of aliphatic hydroxyl groups excluding tert-OH is 4. The zero-order valence-corrected chi connectivity index (χ0v) is 44.2. The summed E-state index contributed by atoms with van der Waals surface area (Å²) in [6, 6.07) is 12.8. The largest absolute Gasteiger partial charge is 0.482 e. The van der Waals surface area contributed by atoms with E-state index in [0.29, 0.717) is 64.4 Å². The van der Waals surface area contributed by atoms with Gasteiger partial charge >= 0.3 is 11.9 Å². The number of carbonyl (C=O) groups excluding carboxylic acids is 3. The van der Waals surface area contributed by atoms with Crippen LogP contribution in [-0.2, 0) is 25.5 Å². The molecule has 5 heterocycles. The first-order valence-corrected chi connectivity index (χ1v) is 26.0. The number of esters is 2. The monoisotopic (exact) mass is 1040 g/mol. The molecule has 3 aromatic carbocycles. The van der Waals surface area contributed by atoms with Crippen LogP contribution < -0.4 is 24.3 Å². The number of aromatic nitrogens is 2. The van der Waals surface area contributed by atoms with E-state index in [2.05, 4.69) is 31.3 Å². The van der Waals surface area contributed by atoms with Crippen LogP contribution in [0, 0.1) is 17.8 Å². The zero-order valence-electron chi connectivity index (χ0n) is 44.2. The van der Waals surface area contributed by atoms with Gasteiger partial charge in [0.15, 0.2) is 22.7 Å². The molecule has 0 amide bonds. The van der Waals surface area contributed by atoms with Gasteiger partial charge in [0, 0.05) is 35.0 Å². The van der Waals surface area contributed by atoms with Crippen LogP contribution in [-0.4, -0.2) is 114 Å². The number of fused-ring (bicyclic) bond motifs is 8. The van der Waals surface area contributed by atoms with Gasteiger partial charge in [-0.25, -0.2) is 14.6 Å². The summed E-state index contributed by atoms with van der Waals surface area (Å²) in [7, 11) is 1.28. The van der Waals surface area contributed by atoms with Crippen LogP contribution in [0.25, 0.3) is 22.8 Å². The van der Waals surface area contributed by atoms with Gasteiger partial charge in [0.05, 0.1) is 53.2 Å². The number of ether oxygens (including phenoxy) is 6. The van der Waals surface area contributed by atoms with Gasteiger partial charge in [-0.3, -0.25) is 4.79 Å². The highest BCUT2D eigenvalue weighted by molar-refractivity contribution is 6.04. The van der Waals surface area contributed by atoms with Crippen molar-refractivity contribution < 1.29 is 68.3 Å². The number of carbonyl (C=O) groups is 3. The summed E-state index contributed by atoms with van der Waals surface area (Å²) in [5.74, 6) is -1.94. The Morgan fingerprint density at radius 1 is 0.947 bits per heavy atom. The number of nitrogens with one attached hydrogen (secondary N) is 1. The molecule has 0 radical (unpaired) electrons. The first-order valence-electron chi connectivity index (χ1n) is 26.0. The molecule has 11 atom stereocenters. The van der Waals surface area contributed by atoms with Crippen molar-refractivity contribution in [3.63, 3.8) is 0 Å². The fourth-order valence-electron chi connectivity index (χ4n) is 12.2. The van der Waals surface area contributed by atoms with Crippen LogP contribution in [0.15, 0.2) is 95.1 Å². The molecule has 2 bridgehead atoms. The lowest BCUT2D eigenvalue weighted by atomic mass is 9.46. The zero-order chi connectivity index (χ0) is 54.3. The normalized spacial score (nSPS) is 29.8. The van der Waals surface area contributed by atoms with Gasteiger partial charge < -0.3 is 63.8 Å². The molecule has 1 spiro atoms. The van der Waals surface area contributed by atoms with Crippen LogP contribution in [0.3, 0.4) is 0 Å². The lowest BCUT2D eigenvalue weighted by Crippen LogP contribution is -2.78. The minimum absolute atomic E-state index is 0.0900. The quantitative estimate of drug-likeness (QED) is 0.0311. The fraction of sp³-hybridized carbons (Fsp3) is 0.458. The highest BCUT2D eigenvalue weighted by atomic mass is 16.7. The van der Waals surface area contributed by atoms with Crippen molar-refractivity contribution >= 4 is 46.5 Å². The molecule has 17 nitrogen and oxygen atoms in total. The Morgan fingerprint density at radius 2 is 1.67 bits per heavy atom. The van der Waals surface area contributed by atoms with E-state index in [1.54, 1.807) is 13.0 Å². The van der Waals surface area contributed by atoms with Gasteiger partial charge in [-0.05, 0) is 122 Å². The standard InChI is InChI=1S/C59H67N3O14/c1-29(2)13-12-24-57(8)25-23-36-49(75-57)35(21-16-30(3)4)51-42(50(36)74-54(69)33-17-19-34(20-18-33)72-55-48(66)47(65)46(64)41(28-63)73-55)44-43-45(62-40-15-11-10-14-39(40)60-56(62)61-44)37-27-38(31(5)6)59(43,76-51)58(70,52(37)67)26-22-32(7)53(68)71-9/h10-11,13-20,22-23,25,31,37-38,41,45-48,55,63-66,70H,12,21,24,26-28H2,1-9H3,(H,60,61)/b32-22-/t37?,38?,41-,45?,46-,47+,48-,55-,57?,58?,59?/m0/s1. The first kappa shape index (κ1) is 52.8. The molecule has 4 aromatic rings. The summed E-state index contributed by atoms with van der Waals surface area (Å²) in [5, 5.41) is 58.6. The summed E-state index contributed by atoms with van der Waals surface area (Å²) in [5.41, 5.74) is 1.49. The summed E-state index contributed by atoms with van der Waals surface area (Å²) in [6.45, 7) is 15.1. The number of imidazole rings is 1. The van der Waals surface area contributed by atoms with Gasteiger partial charge in [-0.15, -0.1) is 0 Å². The summed E-state index contributed by atoms with van der Waals surface area (Å²) < 4.78 is 40.2. The first-order chi connectivity index (χ1) is 36.2. The lowest BCUT2D eigenvalue weighted by molar-refractivity contribution is -0.277. The van der Waals surface area contributed by atoms with Gasteiger partial charge in [0.1, 0.15) is 47.3 Å². The van der Waals surface area contributed by atoms with Crippen molar-refractivity contribution in [2.75, 3.05) is 19.0 Å². The number of nitrogens with zero attached hydrogens (tertiary/aromatic N) is 2. The lowest BCUT2D eigenvalue weighted by Gasteiger charge is -2.66. The van der Waals surface area contributed by atoms with E-state index in [1.165, 1.54) is 31.4 Å². The predicted molar refractivity (Wildman–Crippen MR) is 282 cm³/mol. The number of methoxy groups -OCH3 is 1. The number of rotatable bonds is 14. The highest BCUT2D eigenvalue weighted by Gasteiger charge is 2.77. The third-order valence-electron chi connectivity index (χ3n) is 16.1. The SMILES string of the molecule is COC(=O)/C(C)=C\CC1(O)C(=O)C2CC(C(C)C)C13Oc1c(CC=C(C)C)c4c(c(OC(=O)c5ccc(O[C@H]6O[C@@H](CO)[C@H](O)[C@@H](O)[C@@H]6O)cc5)c1C1=C3C2n2c(nc3ccccc32)N1)C=CC(C)(CCC=C(C)C)O4. The maximum atomic E-state index is 15.7. The second-order valence-corrected chi connectivity index (χ2v) is 22.0. The van der Waals surface area contributed by atoms with Crippen molar-refractivity contribution in [3.05, 3.63) is 117 Å². The minimum Gasteiger partial charge on any atom is -0.482 e. The molecule has 4 fully saturated rings. The number of hydrogen-bond acceptors (Lipinski definition) is 16. The van der Waals surface area contributed by atoms with Gasteiger partial charge in [0.2, 0.25) is 12.2 Å². The van der Waals surface area contributed by atoms with E-state index in [9.17, 15) is 35.1 Å². The Kier molecular flexibility index (Phi) is 13.7. The molecule has 17 heteroatoms. The maximum Gasteiger partial charge on any atom is 0.343 e. The topological polar surface area (TPSA) is 238 Å². The molecule has 11 rings (SSSR count). The van der Waals surface area contributed by atoms with E-state index in [1.807, 2.05) is 75.6 Å². The molecule has 1 aromatic heterocycles. The van der Waals surface area contributed by atoms with E-state index >= 15 is 4.79 Å². The van der Waals surface area contributed by atoms with Crippen molar-refractivity contribution in [1.82, 2.24) is 9.55 Å². The van der Waals surface area contributed by atoms with Crippen LogP contribution in [0.5, 0.6) is 23.0 Å². The number of Topliss-reactive ketones (excluding diaryl/α,β-unsaturated/α-hetero) is 1. The number of aliphatic hydroxyl groups is 5. The molecule has 3 aliphatic carbocycles. The third-order valence-corrected chi connectivity index (χ3v) is 16.1. The maximum absolute atomic E-state index is 15.7. The van der Waals surface area contributed by atoms with Gasteiger partial charge in [-0.2, -0.15) is 0 Å². The fourth-order valence-corrected chi connectivity index (χ4v) is 12.2. The molecule has 6 N–H and O–H groups in total. The second kappa shape index (κ2) is 19.8. The van der Waals surface area contributed by atoms with Gasteiger partial charge in [-0.1, -0.05) is 55.4 Å². The number of allylic oxidation sites excluding steroid dienone is 4. The number of anilines is 1. The average Bonchev–Trinajstić information content (AvgIpc) is 3.94. The van der Waals surface area contributed by atoms with Crippen molar-refractivity contribution in [1.29, 1.82) is 0 Å². The van der Waals surface area contributed by atoms with Crippen LogP contribution in [0.1, 0.15) is 114 Å². The molecule has 4 aliphatic heterocycles. The number of hydrogen-bond donors (Lipinski definition) is 6. The second-order valence-electron chi connectivity index (χ2n) is 22.0. The van der Waals surface area contributed by atoms with E-state index < -0.39 is 89.7 Å². The Bertz CT molecular complexity index is 3180. The van der Waals surface area contributed by atoms with Crippen LogP contribution in [0.4, 0.5) is 5.95 Å². The minimum atomic E-state index is -2.25. The van der Waals surface area contributed by atoms with Crippen LogP contribution in [0.2, 0.25) is 0 Å². The molecule has 6 unspecified atom stereocenters. The van der Waals surface area contributed by atoms with Crippen molar-refractivity contribution in [3.8, 4) is 23.0 Å². The summed E-state index contributed by atoms with van der Waals surface area (Å²) >= 11 is 0. The van der Waals surface area contributed by atoms with Crippen molar-refractivity contribution in [2.45, 2.75) is 141 Å². The molecule has 7 aliphatic rings. The predicted octanol–water partition coefficient (Wildman–Crippen LogP) is 7.48. The number of para-hydroxylation sites is 2. The Balaban J connectivity index is 1.20. The van der Waals surface area contributed by atoms with Crippen molar-refractivity contribution in [2.24, 2.45) is 17.8 Å². The Hall–Kier alpha value is -6.60. The Morgan fingerprint density at radius 3 is 2.36 bits per heavy atom. The molecular weight excluding hydrogens is 975 g/mol.